The zero-order valence-corrected chi connectivity index (χ0v) is 16.1. The molecular weight excluding hydrogens is 407 g/mol. The second-order valence-electron chi connectivity index (χ2n) is 6.33. The van der Waals surface area contributed by atoms with Crippen molar-refractivity contribution < 1.29 is 26.4 Å². The molecule has 1 aliphatic rings. The number of amides is 1. The van der Waals surface area contributed by atoms with Crippen LogP contribution in [0, 0.1) is 5.92 Å². The van der Waals surface area contributed by atoms with E-state index in [4.69, 9.17) is 5.73 Å². The van der Waals surface area contributed by atoms with Gasteiger partial charge in [0, 0.05) is 11.6 Å². The number of halogens is 4. The molecule has 1 aromatic rings. The van der Waals surface area contributed by atoms with Crippen LogP contribution in [0.4, 0.5) is 13.2 Å². The summed E-state index contributed by atoms with van der Waals surface area (Å²) >= 11 is 0. The van der Waals surface area contributed by atoms with E-state index in [1.165, 1.54) is 24.3 Å². The lowest BCUT2D eigenvalue weighted by atomic mass is 9.85. The van der Waals surface area contributed by atoms with E-state index in [1.54, 1.807) is 5.32 Å². The molecule has 2 unspecified atom stereocenters. The van der Waals surface area contributed by atoms with Gasteiger partial charge in [-0.05, 0) is 49.6 Å². The Morgan fingerprint density at radius 3 is 2.30 bits per heavy atom. The highest BCUT2D eigenvalue weighted by molar-refractivity contribution is 7.89. The summed E-state index contributed by atoms with van der Waals surface area (Å²) in [6, 6.07) is 4.52. The van der Waals surface area contributed by atoms with Gasteiger partial charge in [-0.25, -0.2) is 13.1 Å². The van der Waals surface area contributed by atoms with Crippen LogP contribution in [0.2, 0.25) is 0 Å². The summed E-state index contributed by atoms with van der Waals surface area (Å²) in [5.74, 6) is -0.847. The van der Waals surface area contributed by atoms with Gasteiger partial charge in [0.25, 0.3) is 5.91 Å². The van der Waals surface area contributed by atoms with Crippen LogP contribution in [0.15, 0.2) is 29.2 Å². The minimum Gasteiger partial charge on any atom is -0.343 e. The number of nitrogens with one attached hydrogen (secondary N) is 2. The molecule has 0 aliphatic heterocycles. The summed E-state index contributed by atoms with van der Waals surface area (Å²) in [4.78, 5) is 11.6. The van der Waals surface area contributed by atoms with Gasteiger partial charge in [-0.3, -0.25) is 4.79 Å². The highest BCUT2D eigenvalue weighted by Gasteiger charge is 2.29. The van der Waals surface area contributed by atoms with Gasteiger partial charge in [-0.2, -0.15) is 13.2 Å². The van der Waals surface area contributed by atoms with Crippen LogP contribution in [0.5, 0.6) is 0 Å². The number of alkyl halides is 3. The molecule has 0 spiro atoms. The van der Waals surface area contributed by atoms with Gasteiger partial charge in [-0.15, -0.1) is 12.4 Å². The van der Waals surface area contributed by atoms with Crippen molar-refractivity contribution in [1.82, 2.24) is 10.0 Å². The largest absolute Gasteiger partial charge is 0.405 e. The SMILES string of the molecule is Cl.NCC1CCCCC1NS(=O)(=O)c1ccc(C(=O)NCC(F)(F)F)cc1. The Morgan fingerprint density at radius 2 is 1.74 bits per heavy atom. The van der Waals surface area contributed by atoms with Crippen molar-refractivity contribution in [3.63, 3.8) is 0 Å². The van der Waals surface area contributed by atoms with Crippen molar-refractivity contribution in [3.8, 4) is 0 Å². The van der Waals surface area contributed by atoms with E-state index in [1.807, 2.05) is 0 Å². The van der Waals surface area contributed by atoms with Crippen molar-refractivity contribution in [2.24, 2.45) is 11.7 Å². The summed E-state index contributed by atoms with van der Waals surface area (Å²) in [7, 11) is -3.80. The van der Waals surface area contributed by atoms with Gasteiger partial charge in [0.2, 0.25) is 10.0 Å². The van der Waals surface area contributed by atoms with Crippen LogP contribution >= 0.6 is 12.4 Å². The molecule has 2 rings (SSSR count). The van der Waals surface area contributed by atoms with Gasteiger partial charge >= 0.3 is 6.18 Å². The molecule has 11 heteroatoms. The maximum atomic E-state index is 12.5. The Hall–Kier alpha value is -1.36. The number of carbonyl (C=O) groups is 1. The van der Waals surface area contributed by atoms with E-state index in [9.17, 15) is 26.4 Å². The molecule has 1 amide bonds. The lowest BCUT2D eigenvalue weighted by Gasteiger charge is -2.31. The molecule has 0 radical (unpaired) electrons. The maximum Gasteiger partial charge on any atom is 0.405 e. The first-order valence-corrected chi connectivity index (χ1v) is 9.78. The third kappa shape index (κ3) is 6.95. The normalized spacial score (nSPS) is 20.6. The molecule has 1 fully saturated rings. The standard InChI is InChI=1S/C16H22F3N3O3S.ClH/c17-16(18,19)10-21-15(23)11-5-7-13(8-6-11)26(24,25)22-14-4-2-1-3-12(14)9-20;/h5-8,12,14,22H,1-4,9-10,20H2,(H,21,23);1H. The molecule has 0 bridgehead atoms. The first-order chi connectivity index (χ1) is 12.1. The van der Waals surface area contributed by atoms with E-state index >= 15 is 0 Å². The Kier molecular flexibility index (Phi) is 8.52. The molecule has 154 valence electrons. The maximum absolute atomic E-state index is 12.5. The molecule has 0 saturated heterocycles. The Balaban J connectivity index is 0.00000364. The molecule has 1 saturated carbocycles. The van der Waals surface area contributed by atoms with Crippen LogP contribution in [-0.2, 0) is 10.0 Å². The minimum absolute atomic E-state index is 0. The first kappa shape index (κ1) is 23.7. The summed E-state index contributed by atoms with van der Waals surface area (Å²) in [5.41, 5.74) is 5.65. The van der Waals surface area contributed by atoms with Gasteiger partial charge in [0.05, 0.1) is 4.90 Å². The van der Waals surface area contributed by atoms with Gasteiger partial charge < -0.3 is 11.1 Å². The van der Waals surface area contributed by atoms with Crippen LogP contribution < -0.4 is 15.8 Å². The van der Waals surface area contributed by atoms with Crippen LogP contribution in [-0.4, -0.2) is 39.6 Å². The zero-order chi connectivity index (χ0) is 19.4. The number of nitrogens with two attached hydrogens (primary N) is 1. The smallest absolute Gasteiger partial charge is 0.343 e. The van der Waals surface area contributed by atoms with E-state index in [-0.39, 0.29) is 34.8 Å². The van der Waals surface area contributed by atoms with Crippen molar-refractivity contribution >= 4 is 28.3 Å². The number of sulfonamides is 1. The predicted molar refractivity (Wildman–Crippen MR) is 97.2 cm³/mol. The summed E-state index contributed by atoms with van der Waals surface area (Å²) in [6.45, 7) is -1.05. The molecular formula is C16H23ClF3N3O3S. The molecule has 4 N–H and O–H groups in total. The fourth-order valence-corrected chi connectivity index (χ4v) is 4.32. The average molecular weight is 430 g/mol. The third-order valence-corrected chi connectivity index (χ3v) is 5.90. The molecule has 2 atom stereocenters. The lowest BCUT2D eigenvalue weighted by molar-refractivity contribution is -0.123. The lowest BCUT2D eigenvalue weighted by Crippen LogP contribution is -2.44. The van der Waals surface area contributed by atoms with Crippen molar-refractivity contribution in [2.45, 2.75) is 42.8 Å². The quantitative estimate of drug-likeness (QED) is 0.645. The van der Waals surface area contributed by atoms with Crippen molar-refractivity contribution in [3.05, 3.63) is 29.8 Å². The van der Waals surface area contributed by atoms with E-state index in [0.717, 1.165) is 19.3 Å². The Morgan fingerprint density at radius 1 is 1.15 bits per heavy atom. The van der Waals surface area contributed by atoms with Crippen molar-refractivity contribution in [1.29, 1.82) is 0 Å². The number of hydrogen-bond donors (Lipinski definition) is 3. The number of carbonyl (C=O) groups excluding carboxylic acids is 1. The minimum atomic E-state index is -4.51. The summed E-state index contributed by atoms with van der Waals surface area (Å²) in [6.07, 6.45) is -1.01. The molecule has 27 heavy (non-hydrogen) atoms. The van der Waals surface area contributed by atoms with Crippen LogP contribution in [0.25, 0.3) is 0 Å². The second kappa shape index (κ2) is 9.72. The fourth-order valence-electron chi connectivity index (χ4n) is 2.98. The van der Waals surface area contributed by atoms with Crippen molar-refractivity contribution in [2.75, 3.05) is 13.1 Å². The third-order valence-electron chi connectivity index (χ3n) is 4.39. The number of rotatable bonds is 6. The van der Waals surface area contributed by atoms with E-state index in [0.29, 0.717) is 13.0 Å². The first-order valence-electron chi connectivity index (χ1n) is 8.30. The molecule has 0 aromatic heterocycles. The Labute approximate surface area is 162 Å². The van der Waals surface area contributed by atoms with Gasteiger partial charge in [0.15, 0.2) is 0 Å². The summed E-state index contributed by atoms with van der Waals surface area (Å²) in [5, 5.41) is 1.73. The highest BCUT2D eigenvalue weighted by Crippen LogP contribution is 2.25. The number of hydrogen-bond acceptors (Lipinski definition) is 4. The molecule has 6 nitrogen and oxygen atoms in total. The average Bonchev–Trinajstić information content (AvgIpc) is 2.59. The van der Waals surface area contributed by atoms with Gasteiger partial charge in [-0.1, -0.05) is 12.8 Å². The fraction of sp³-hybridized carbons (Fsp3) is 0.562. The van der Waals surface area contributed by atoms with Gasteiger partial charge in [0.1, 0.15) is 6.54 Å². The highest BCUT2D eigenvalue weighted by atomic mass is 35.5. The zero-order valence-electron chi connectivity index (χ0n) is 14.5. The second-order valence-corrected chi connectivity index (χ2v) is 8.04. The molecule has 0 heterocycles. The predicted octanol–water partition coefficient (Wildman–Crippen LogP) is 2.20. The monoisotopic (exact) mass is 429 g/mol. The molecule has 1 aliphatic carbocycles. The van der Waals surface area contributed by atoms with Crippen LogP contribution in [0.3, 0.4) is 0 Å². The topological polar surface area (TPSA) is 101 Å². The van der Waals surface area contributed by atoms with E-state index in [2.05, 4.69) is 4.72 Å². The molecule has 1 aromatic carbocycles. The van der Waals surface area contributed by atoms with E-state index < -0.39 is 28.7 Å². The van der Waals surface area contributed by atoms with Crippen LogP contribution in [0.1, 0.15) is 36.0 Å². The summed E-state index contributed by atoms with van der Waals surface area (Å²) < 4.78 is 64.0. The Bertz CT molecular complexity index is 727. The number of benzene rings is 1.